The van der Waals surface area contributed by atoms with E-state index in [2.05, 4.69) is 43.4 Å². The molecule has 0 aliphatic carbocycles. The number of aliphatic hydroxyl groups is 1. The molecule has 0 radical (unpaired) electrons. The van der Waals surface area contributed by atoms with Gasteiger partial charge in [-0.1, -0.05) is 67.8 Å². The van der Waals surface area contributed by atoms with Crippen molar-refractivity contribution in [3.05, 3.63) is 65.7 Å². The molecule has 1 aliphatic rings. The number of carbonyl (C=O) groups excluding carboxylic acids is 1. The number of amides is 1. The van der Waals surface area contributed by atoms with Crippen LogP contribution >= 0.6 is 0 Å². The molecule has 1 heterocycles. The van der Waals surface area contributed by atoms with Crippen molar-refractivity contribution in [1.29, 1.82) is 0 Å². The lowest BCUT2D eigenvalue weighted by Gasteiger charge is -2.40. The molecular weight excluding hydrogens is 386 g/mol. The maximum Gasteiger partial charge on any atom is 0.248 e. The van der Waals surface area contributed by atoms with E-state index in [1.807, 2.05) is 56.1 Å². The van der Waals surface area contributed by atoms with E-state index >= 15 is 0 Å². The van der Waals surface area contributed by atoms with Crippen LogP contribution < -0.4 is 10.3 Å². The first-order chi connectivity index (χ1) is 14.7. The number of carbonyl (C=O) groups is 1. The second kappa shape index (κ2) is 9.23. The highest BCUT2D eigenvalue weighted by atomic mass is 16.3. The fourth-order valence-electron chi connectivity index (χ4n) is 4.13. The predicted octanol–water partition coefficient (Wildman–Crippen LogP) is 4.67. The fourth-order valence-corrected chi connectivity index (χ4v) is 4.13. The van der Waals surface area contributed by atoms with Crippen LogP contribution in [-0.4, -0.2) is 34.4 Å². The first-order valence-corrected chi connectivity index (χ1v) is 11.2. The molecule has 0 fully saturated rings. The Morgan fingerprint density at radius 1 is 1.16 bits per heavy atom. The van der Waals surface area contributed by atoms with Gasteiger partial charge in [0.05, 0.1) is 23.5 Å². The summed E-state index contributed by atoms with van der Waals surface area (Å²) in [5.41, 5.74) is 2.43. The van der Waals surface area contributed by atoms with Crippen LogP contribution in [0.25, 0.3) is 0 Å². The van der Waals surface area contributed by atoms with Gasteiger partial charge in [-0.2, -0.15) is 5.10 Å². The van der Waals surface area contributed by atoms with Crippen LogP contribution in [0.4, 0.5) is 5.69 Å². The highest BCUT2D eigenvalue weighted by Crippen LogP contribution is 2.42. The van der Waals surface area contributed by atoms with Gasteiger partial charge in [0.25, 0.3) is 0 Å². The third kappa shape index (κ3) is 4.67. The van der Waals surface area contributed by atoms with Gasteiger partial charge in [0, 0.05) is 5.92 Å². The molecule has 3 rings (SSSR count). The Labute approximate surface area is 186 Å². The van der Waals surface area contributed by atoms with Crippen LogP contribution in [0.15, 0.2) is 59.7 Å². The maximum atomic E-state index is 13.8. The van der Waals surface area contributed by atoms with E-state index in [1.54, 1.807) is 0 Å². The van der Waals surface area contributed by atoms with Gasteiger partial charge in [-0.05, 0) is 51.8 Å². The van der Waals surface area contributed by atoms with Crippen LogP contribution in [0.3, 0.4) is 0 Å². The number of hydrazone groups is 1. The van der Waals surface area contributed by atoms with Crippen LogP contribution in [0.5, 0.6) is 0 Å². The molecule has 5 heteroatoms. The number of benzene rings is 2. The van der Waals surface area contributed by atoms with E-state index < -0.39 is 11.1 Å². The van der Waals surface area contributed by atoms with Gasteiger partial charge in [0.1, 0.15) is 5.54 Å². The molecule has 1 amide bonds. The molecule has 5 nitrogen and oxygen atoms in total. The van der Waals surface area contributed by atoms with Crippen molar-refractivity contribution in [1.82, 2.24) is 5.32 Å². The van der Waals surface area contributed by atoms with E-state index in [0.717, 1.165) is 36.2 Å². The van der Waals surface area contributed by atoms with E-state index in [4.69, 9.17) is 5.10 Å². The molecule has 2 aromatic carbocycles. The number of rotatable bonds is 8. The smallest absolute Gasteiger partial charge is 0.248 e. The van der Waals surface area contributed by atoms with Crippen molar-refractivity contribution in [2.45, 2.75) is 65.0 Å². The van der Waals surface area contributed by atoms with Gasteiger partial charge in [0.15, 0.2) is 0 Å². The molecule has 166 valence electrons. The van der Waals surface area contributed by atoms with E-state index in [-0.39, 0.29) is 18.4 Å². The summed E-state index contributed by atoms with van der Waals surface area (Å²) < 4.78 is 0. The first kappa shape index (κ1) is 23.0. The second-order valence-corrected chi connectivity index (χ2v) is 9.34. The quantitative estimate of drug-likeness (QED) is 0.651. The summed E-state index contributed by atoms with van der Waals surface area (Å²) in [7, 11) is 0. The summed E-state index contributed by atoms with van der Waals surface area (Å²) in [6.45, 7) is 9.75. The Balaban J connectivity index is 2.13. The molecule has 2 unspecified atom stereocenters. The van der Waals surface area contributed by atoms with Gasteiger partial charge in [-0.15, -0.1) is 0 Å². The summed E-state index contributed by atoms with van der Waals surface area (Å²) in [4.78, 5) is 13.8. The largest absolute Gasteiger partial charge is 0.394 e. The van der Waals surface area contributed by atoms with Crippen molar-refractivity contribution in [3.8, 4) is 0 Å². The minimum atomic E-state index is -0.914. The first-order valence-electron chi connectivity index (χ1n) is 11.2. The molecule has 0 bridgehead atoms. The van der Waals surface area contributed by atoms with Gasteiger partial charge >= 0.3 is 0 Å². The Kier molecular flexibility index (Phi) is 6.85. The number of hydrogen-bond acceptors (Lipinski definition) is 4. The molecular formula is C26H35N3O2. The number of aliphatic hydroxyl groups excluding tert-OH is 1. The van der Waals surface area contributed by atoms with Gasteiger partial charge in [0.2, 0.25) is 5.91 Å². The zero-order valence-electron chi connectivity index (χ0n) is 19.4. The summed E-state index contributed by atoms with van der Waals surface area (Å²) in [6, 6.07) is 18.2. The molecule has 0 aromatic heterocycles. The number of aryl methyl sites for hydroxylation is 1. The lowest BCUT2D eigenvalue weighted by molar-refractivity contribution is -0.129. The third-order valence-electron chi connectivity index (χ3n) is 6.16. The Hall–Kier alpha value is -2.66. The van der Waals surface area contributed by atoms with Gasteiger partial charge in [-0.25, -0.2) is 5.01 Å². The minimum Gasteiger partial charge on any atom is -0.394 e. The van der Waals surface area contributed by atoms with Crippen LogP contribution in [0, 0.1) is 12.8 Å². The molecule has 0 saturated carbocycles. The second-order valence-electron chi connectivity index (χ2n) is 9.34. The average molecular weight is 422 g/mol. The molecule has 0 saturated heterocycles. The topological polar surface area (TPSA) is 64.9 Å². The highest BCUT2D eigenvalue weighted by molar-refractivity contribution is 6.10. The lowest BCUT2D eigenvalue weighted by Crippen LogP contribution is -2.62. The summed E-state index contributed by atoms with van der Waals surface area (Å²) in [5.74, 6) is -0.202. The van der Waals surface area contributed by atoms with E-state index in [0.29, 0.717) is 0 Å². The number of hydrogen-bond donors (Lipinski definition) is 2. The summed E-state index contributed by atoms with van der Waals surface area (Å²) >= 11 is 0. The number of anilines is 1. The number of para-hydroxylation sites is 1. The molecule has 1 aliphatic heterocycles. The Morgan fingerprint density at radius 2 is 1.81 bits per heavy atom. The number of nitrogens with one attached hydrogen (secondary N) is 1. The standard InChI is InChI=1S/C26H35N3O2/c1-6-7-13-22-23(20-16-14-19(2)15-17-20)28-29(21-11-9-8-10-12-21)26(22,5)24(31)27-25(3,4)18-30/h8-12,14-17,22,30H,6-7,13,18H2,1-5H3,(H,27,31). The molecule has 2 N–H and O–H groups in total. The number of unbranched alkanes of at least 4 members (excludes halogenated alkanes) is 1. The molecule has 2 atom stereocenters. The highest BCUT2D eigenvalue weighted by Gasteiger charge is 2.54. The van der Waals surface area contributed by atoms with Crippen LogP contribution in [-0.2, 0) is 4.79 Å². The number of nitrogens with zero attached hydrogens (tertiary/aromatic N) is 2. The predicted molar refractivity (Wildman–Crippen MR) is 127 cm³/mol. The molecule has 0 spiro atoms. The van der Waals surface area contributed by atoms with Crippen LogP contribution in [0.1, 0.15) is 58.1 Å². The van der Waals surface area contributed by atoms with Crippen molar-refractivity contribution >= 4 is 17.3 Å². The van der Waals surface area contributed by atoms with E-state index in [1.165, 1.54) is 5.56 Å². The normalized spacial score (nSPS) is 21.2. The van der Waals surface area contributed by atoms with Crippen molar-refractivity contribution in [3.63, 3.8) is 0 Å². The SMILES string of the molecule is CCCCC1C(c2ccc(C)cc2)=NN(c2ccccc2)C1(C)C(=O)NC(C)(C)CO. The monoisotopic (exact) mass is 421 g/mol. The summed E-state index contributed by atoms with van der Waals surface area (Å²) in [6.07, 6.45) is 2.91. The van der Waals surface area contributed by atoms with Crippen molar-refractivity contribution in [2.24, 2.45) is 11.0 Å². The average Bonchev–Trinajstić information content (AvgIpc) is 3.06. The molecule has 31 heavy (non-hydrogen) atoms. The summed E-state index contributed by atoms with van der Waals surface area (Å²) in [5, 5.41) is 19.8. The van der Waals surface area contributed by atoms with E-state index in [9.17, 15) is 9.90 Å². The zero-order chi connectivity index (χ0) is 22.6. The minimum absolute atomic E-state index is 0.0788. The van der Waals surface area contributed by atoms with Gasteiger partial charge < -0.3 is 10.4 Å². The zero-order valence-corrected chi connectivity index (χ0v) is 19.4. The fraction of sp³-hybridized carbons (Fsp3) is 0.462. The van der Waals surface area contributed by atoms with Crippen LogP contribution in [0.2, 0.25) is 0 Å². The van der Waals surface area contributed by atoms with Gasteiger partial charge in [-0.3, -0.25) is 4.79 Å². The third-order valence-corrected chi connectivity index (χ3v) is 6.16. The van der Waals surface area contributed by atoms with Crippen molar-refractivity contribution < 1.29 is 9.90 Å². The molecule has 2 aromatic rings. The maximum absolute atomic E-state index is 13.8. The Bertz CT molecular complexity index is 921. The van der Waals surface area contributed by atoms with Crippen molar-refractivity contribution in [2.75, 3.05) is 11.6 Å². The Morgan fingerprint density at radius 3 is 2.39 bits per heavy atom. The lowest BCUT2D eigenvalue weighted by atomic mass is 9.76.